The van der Waals surface area contributed by atoms with Gasteiger partial charge < -0.3 is 5.32 Å². The van der Waals surface area contributed by atoms with Crippen molar-refractivity contribution in [2.75, 3.05) is 18.6 Å². The lowest BCUT2D eigenvalue weighted by atomic mass is 10.1. The van der Waals surface area contributed by atoms with E-state index < -0.39 is 10.8 Å². The van der Waals surface area contributed by atoms with Crippen LogP contribution in [-0.4, -0.2) is 22.8 Å². The second-order valence-electron chi connectivity index (χ2n) is 3.89. The molecule has 0 bridgehead atoms. The van der Waals surface area contributed by atoms with Crippen LogP contribution in [0.4, 0.5) is 0 Å². The summed E-state index contributed by atoms with van der Waals surface area (Å²) >= 11 is 6.03. The Morgan fingerprint density at radius 2 is 2.19 bits per heavy atom. The molecule has 0 aliphatic heterocycles. The van der Waals surface area contributed by atoms with Crippen LogP contribution in [0, 0.1) is 6.92 Å². The van der Waals surface area contributed by atoms with Crippen molar-refractivity contribution in [1.29, 1.82) is 0 Å². The zero-order chi connectivity index (χ0) is 12.0. The molecular formula is C12H18ClNOS. The summed E-state index contributed by atoms with van der Waals surface area (Å²) in [6.07, 6.45) is 2.68. The Bertz CT molecular complexity index is 368. The summed E-state index contributed by atoms with van der Waals surface area (Å²) in [6, 6.07) is 6.09. The number of nitrogens with one attached hydrogen (secondary N) is 1. The lowest BCUT2D eigenvalue weighted by Gasteiger charge is -2.06. The molecule has 1 aromatic rings. The maximum atomic E-state index is 10.8. The van der Waals surface area contributed by atoms with E-state index in [2.05, 4.69) is 11.4 Å². The summed E-state index contributed by atoms with van der Waals surface area (Å²) in [6.45, 7) is 3.71. The van der Waals surface area contributed by atoms with E-state index in [9.17, 15) is 4.21 Å². The molecule has 4 heteroatoms. The van der Waals surface area contributed by atoms with E-state index in [4.69, 9.17) is 11.6 Å². The van der Waals surface area contributed by atoms with Crippen LogP contribution >= 0.6 is 11.6 Å². The molecule has 0 amide bonds. The third kappa shape index (κ3) is 5.10. The van der Waals surface area contributed by atoms with Crippen molar-refractivity contribution in [1.82, 2.24) is 5.32 Å². The fourth-order valence-corrected chi connectivity index (χ4v) is 2.13. The largest absolute Gasteiger partial charge is 0.313 e. The van der Waals surface area contributed by atoms with Gasteiger partial charge in [0.1, 0.15) is 0 Å². The minimum absolute atomic E-state index is 0.681. The zero-order valence-electron chi connectivity index (χ0n) is 9.75. The van der Waals surface area contributed by atoms with Crippen LogP contribution in [0.1, 0.15) is 17.5 Å². The second-order valence-corrected chi connectivity index (χ2v) is 5.85. The Labute approximate surface area is 105 Å². The molecule has 0 heterocycles. The summed E-state index contributed by atoms with van der Waals surface area (Å²) in [7, 11) is -0.681. The molecule has 1 aromatic carbocycles. The molecule has 1 atom stereocenters. The van der Waals surface area contributed by atoms with E-state index in [0.29, 0.717) is 0 Å². The smallest absolute Gasteiger partial charge is 0.0438 e. The molecule has 0 saturated carbocycles. The summed E-state index contributed by atoms with van der Waals surface area (Å²) in [5.41, 5.74) is 2.29. The fourth-order valence-electron chi connectivity index (χ4n) is 1.38. The molecule has 2 nitrogen and oxygen atoms in total. The fraction of sp³-hybridized carbons (Fsp3) is 0.500. The van der Waals surface area contributed by atoms with Crippen LogP contribution in [0.5, 0.6) is 0 Å². The highest BCUT2D eigenvalue weighted by Gasteiger charge is 1.98. The average Bonchev–Trinajstić information content (AvgIpc) is 2.22. The van der Waals surface area contributed by atoms with Crippen LogP contribution in [0.3, 0.4) is 0 Å². The first kappa shape index (κ1) is 13.7. The van der Waals surface area contributed by atoms with Gasteiger partial charge in [0.05, 0.1) is 0 Å². The molecule has 1 unspecified atom stereocenters. The van der Waals surface area contributed by atoms with Gasteiger partial charge in [-0.3, -0.25) is 4.21 Å². The van der Waals surface area contributed by atoms with Crippen LogP contribution in [0.2, 0.25) is 5.02 Å². The topological polar surface area (TPSA) is 29.1 Å². The van der Waals surface area contributed by atoms with Crippen molar-refractivity contribution in [2.24, 2.45) is 0 Å². The minimum Gasteiger partial charge on any atom is -0.313 e. The van der Waals surface area contributed by atoms with Gasteiger partial charge in [-0.05, 0) is 37.1 Å². The SMILES string of the molecule is Cc1ccc(CNCCCS(C)=O)cc1Cl. The maximum Gasteiger partial charge on any atom is 0.0438 e. The lowest BCUT2D eigenvalue weighted by Crippen LogP contribution is -2.16. The highest BCUT2D eigenvalue weighted by molar-refractivity contribution is 7.84. The number of aryl methyl sites for hydroxylation is 1. The number of hydrogen-bond donors (Lipinski definition) is 1. The molecule has 0 aromatic heterocycles. The molecule has 1 N–H and O–H groups in total. The van der Waals surface area contributed by atoms with Gasteiger partial charge in [-0.25, -0.2) is 0 Å². The van der Waals surface area contributed by atoms with E-state index >= 15 is 0 Å². The molecule has 0 aliphatic rings. The Hall–Kier alpha value is -0.380. The Morgan fingerprint density at radius 1 is 1.44 bits per heavy atom. The first-order chi connectivity index (χ1) is 7.59. The van der Waals surface area contributed by atoms with Crippen LogP contribution in [0.25, 0.3) is 0 Å². The number of rotatable bonds is 6. The Kier molecular flexibility index (Phi) is 6.03. The van der Waals surface area contributed by atoms with Gasteiger partial charge in [-0.1, -0.05) is 23.7 Å². The highest BCUT2D eigenvalue weighted by atomic mass is 35.5. The van der Waals surface area contributed by atoms with Crippen molar-refractivity contribution in [3.8, 4) is 0 Å². The van der Waals surface area contributed by atoms with E-state index in [1.54, 1.807) is 6.26 Å². The highest BCUT2D eigenvalue weighted by Crippen LogP contribution is 2.16. The molecule has 1 rings (SSSR count). The lowest BCUT2D eigenvalue weighted by molar-refractivity contribution is 0.662. The summed E-state index contributed by atoms with van der Waals surface area (Å²) in [5, 5.41) is 4.12. The Morgan fingerprint density at radius 3 is 2.81 bits per heavy atom. The van der Waals surface area contributed by atoms with Crippen molar-refractivity contribution < 1.29 is 4.21 Å². The standard InChI is InChI=1S/C12H18ClNOS/c1-10-4-5-11(8-12(10)13)9-14-6-3-7-16(2)15/h4-5,8,14H,3,6-7,9H2,1-2H3. The predicted octanol–water partition coefficient (Wildman–Crippen LogP) is 2.51. The average molecular weight is 260 g/mol. The molecule has 90 valence electrons. The van der Waals surface area contributed by atoms with Gasteiger partial charge in [-0.2, -0.15) is 0 Å². The van der Waals surface area contributed by atoms with Gasteiger partial charge in [0.15, 0.2) is 0 Å². The number of hydrogen-bond acceptors (Lipinski definition) is 2. The van der Waals surface area contributed by atoms with Gasteiger partial charge in [0, 0.05) is 34.4 Å². The predicted molar refractivity (Wildman–Crippen MR) is 71.4 cm³/mol. The monoisotopic (exact) mass is 259 g/mol. The van der Waals surface area contributed by atoms with Crippen molar-refractivity contribution in [2.45, 2.75) is 19.9 Å². The van der Waals surface area contributed by atoms with E-state index in [1.165, 1.54) is 5.56 Å². The first-order valence-corrected chi connectivity index (χ1v) is 7.46. The van der Waals surface area contributed by atoms with E-state index in [1.807, 2.05) is 19.1 Å². The third-order valence-electron chi connectivity index (χ3n) is 2.35. The van der Waals surface area contributed by atoms with E-state index in [-0.39, 0.29) is 0 Å². The molecule has 16 heavy (non-hydrogen) atoms. The normalized spacial score (nSPS) is 12.7. The van der Waals surface area contributed by atoms with Gasteiger partial charge >= 0.3 is 0 Å². The van der Waals surface area contributed by atoms with Crippen molar-refractivity contribution >= 4 is 22.4 Å². The number of halogens is 1. The van der Waals surface area contributed by atoms with Crippen LogP contribution in [0.15, 0.2) is 18.2 Å². The Balaban J connectivity index is 2.27. The minimum atomic E-state index is -0.681. The summed E-state index contributed by atoms with van der Waals surface area (Å²) in [4.78, 5) is 0. The molecule has 0 spiro atoms. The van der Waals surface area contributed by atoms with Crippen LogP contribution in [-0.2, 0) is 17.3 Å². The number of benzene rings is 1. The molecular weight excluding hydrogens is 242 g/mol. The quantitative estimate of drug-likeness (QED) is 0.796. The molecule has 0 radical (unpaired) electrons. The molecule has 0 fully saturated rings. The molecule has 0 saturated heterocycles. The third-order valence-corrected chi connectivity index (χ3v) is 3.62. The van der Waals surface area contributed by atoms with E-state index in [0.717, 1.165) is 35.8 Å². The zero-order valence-corrected chi connectivity index (χ0v) is 11.3. The van der Waals surface area contributed by atoms with Crippen molar-refractivity contribution in [3.63, 3.8) is 0 Å². The summed E-state index contributed by atoms with van der Waals surface area (Å²) in [5.74, 6) is 0.766. The van der Waals surface area contributed by atoms with Crippen molar-refractivity contribution in [3.05, 3.63) is 34.3 Å². The molecule has 0 aliphatic carbocycles. The first-order valence-electron chi connectivity index (χ1n) is 5.35. The maximum absolute atomic E-state index is 10.8. The van der Waals surface area contributed by atoms with Crippen LogP contribution < -0.4 is 5.32 Å². The van der Waals surface area contributed by atoms with Gasteiger partial charge in [-0.15, -0.1) is 0 Å². The van der Waals surface area contributed by atoms with Gasteiger partial charge in [0.2, 0.25) is 0 Å². The summed E-state index contributed by atoms with van der Waals surface area (Å²) < 4.78 is 10.8. The van der Waals surface area contributed by atoms with Gasteiger partial charge in [0.25, 0.3) is 0 Å². The second kappa shape index (κ2) is 7.05.